The number of amides is 1. The fourth-order valence-corrected chi connectivity index (χ4v) is 1.09. The zero-order chi connectivity index (χ0) is 10.5. The van der Waals surface area contributed by atoms with Crippen LogP contribution in [-0.2, 0) is 4.79 Å². The van der Waals surface area contributed by atoms with E-state index in [1.807, 2.05) is 20.8 Å². The van der Waals surface area contributed by atoms with E-state index in [2.05, 4.69) is 28.2 Å². The lowest BCUT2D eigenvalue weighted by Crippen LogP contribution is -2.42. The fraction of sp³-hybridized carbons (Fsp3) is 0.900. The summed E-state index contributed by atoms with van der Waals surface area (Å²) in [5, 5.41) is 2.97. The third-order valence-corrected chi connectivity index (χ3v) is 2.27. The van der Waals surface area contributed by atoms with Crippen molar-refractivity contribution >= 4 is 21.8 Å². The first-order chi connectivity index (χ1) is 5.88. The number of hydrogen-bond donors (Lipinski definition) is 1. The third kappa shape index (κ3) is 6.08. The molecule has 0 radical (unpaired) electrons. The Balaban J connectivity index is 3.79. The Morgan fingerprint density at radius 3 is 2.46 bits per heavy atom. The quantitative estimate of drug-likeness (QED) is 0.747. The summed E-state index contributed by atoms with van der Waals surface area (Å²) in [6, 6.07) is 0.282. The van der Waals surface area contributed by atoms with Crippen LogP contribution in [0.3, 0.4) is 0 Å². The van der Waals surface area contributed by atoms with Crippen molar-refractivity contribution in [2.45, 2.75) is 57.3 Å². The molecule has 0 rings (SSSR count). The molecule has 0 bridgehead atoms. The molecule has 1 amide bonds. The van der Waals surface area contributed by atoms with Crippen LogP contribution in [0.4, 0.5) is 0 Å². The third-order valence-electron chi connectivity index (χ3n) is 1.91. The van der Waals surface area contributed by atoms with Gasteiger partial charge in [0.2, 0.25) is 5.91 Å². The van der Waals surface area contributed by atoms with Crippen molar-refractivity contribution in [1.82, 2.24) is 5.32 Å². The lowest BCUT2D eigenvalue weighted by Gasteiger charge is -2.20. The van der Waals surface area contributed by atoms with Gasteiger partial charge in [0.15, 0.2) is 0 Å². The molecular weight excluding hydrogens is 230 g/mol. The molecule has 0 aromatic carbocycles. The number of halogens is 1. The van der Waals surface area contributed by atoms with Gasteiger partial charge < -0.3 is 5.32 Å². The van der Waals surface area contributed by atoms with Gasteiger partial charge in [0.1, 0.15) is 0 Å². The van der Waals surface area contributed by atoms with Gasteiger partial charge in [-0.3, -0.25) is 4.79 Å². The van der Waals surface area contributed by atoms with E-state index in [1.54, 1.807) is 0 Å². The van der Waals surface area contributed by atoms with Gasteiger partial charge in [-0.15, -0.1) is 0 Å². The average Bonchev–Trinajstić information content (AvgIpc) is 1.99. The van der Waals surface area contributed by atoms with E-state index in [1.165, 1.54) is 12.8 Å². The van der Waals surface area contributed by atoms with Crippen LogP contribution in [0.5, 0.6) is 0 Å². The van der Waals surface area contributed by atoms with Crippen molar-refractivity contribution < 1.29 is 4.79 Å². The van der Waals surface area contributed by atoms with Gasteiger partial charge in [-0.1, -0.05) is 35.7 Å². The Labute approximate surface area is 89.6 Å². The summed E-state index contributed by atoms with van der Waals surface area (Å²) in [6.45, 7) is 7.92. The molecule has 3 heteroatoms. The van der Waals surface area contributed by atoms with Crippen LogP contribution in [-0.4, -0.2) is 16.3 Å². The summed E-state index contributed by atoms with van der Waals surface area (Å²) in [6.07, 6.45) is 3.41. The molecule has 0 saturated carbocycles. The van der Waals surface area contributed by atoms with Crippen LogP contribution in [0.15, 0.2) is 0 Å². The molecule has 0 heterocycles. The predicted octanol–water partition coefficient (Wildman–Crippen LogP) is 2.85. The van der Waals surface area contributed by atoms with Crippen molar-refractivity contribution in [3.63, 3.8) is 0 Å². The minimum absolute atomic E-state index is 0.0658. The van der Waals surface area contributed by atoms with Crippen molar-refractivity contribution in [3.05, 3.63) is 0 Å². The van der Waals surface area contributed by atoms with Crippen LogP contribution in [0.25, 0.3) is 0 Å². The Morgan fingerprint density at radius 2 is 2.08 bits per heavy atom. The second-order valence-electron chi connectivity index (χ2n) is 3.99. The van der Waals surface area contributed by atoms with Crippen LogP contribution < -0.4 is 5.32 Å². The zero-order valence-corrected chi connectivity index (χ0v) is 10.6. The van der Waals surface area contributed by atoms with E-state index < -0.39 is 4.32 Å². The summed E-state index contributed by atoms with van der Waals surface area (Å²) in [7, 11) is 0. The topological polar surface area (TPSA) is 29.1 Å². The van der Waals surface area contributed by atoms with E-state index in [9.17, 15) is 4.79 Å². The van der Waals surface area contributed by atoms with Crippen LogP contribution in [0.1, 0.15) is 47.0 Å². The highest BCUT2D eigenvalue weighted by Crippen LogP contribution is 2.16. The molecule has 0 saturated heterocycles. The highest BCUT2D eigenvalue weighted by molar-refractivity contribution is 9.10. The SMILES string of the molecule is CCCCC(C)NC(=O)C(C)(C)Br. The highest BCUT2D eigenvalue weighted by atomic mass is 79.9. The summed E-state index contributed by atoms with van der Waals surface area (Å²) in [5.41, 5.74) is 0. The Morgan fingerprint density at radius 1 is 1.54 bits per heavy atom. The molecule has 13 heavy (non-hydrogen) atoms. The summed E-state index contributed by atoms with van der Waals surface area (Å²) in [5.74, 6) is 0.0658. The van der Waals surface area contributed by atoms with Crippen molar-refractivity contribution in [2.75, 3.05) is 0 Å². The molecule has 0 spiro atoms. The first-order valence-corrected chi connectivity index (χ1v) is 5.67. The standard InChI is InChI=1S/C10H20BrNO/c1-5-6-7-8(2)12-9(13)10(3,4)11/h8H,5-7H2,1-4H3,(H,12,13). The summed E-state index contributed by atoms with van der Waals surface area (Å²) in [4.78, 5) is 11.5. The maximum absolute atomic E-state index is 11.5. The second-order valence-corrected chi connectivity index (χ2v) is 5.97. The number of rotatable bonds is 5. The maximum Gasteiger partial charge on any atom is 0.236 e. The smallest absolute Gasteiger partial charge is 0.236 e. The van der Waals surface area contributed by atoms with Gasteiger partial charge in [-0.25, -0.2) is 0 Å². The van der Waals surface area contributed by atoms with Crippen molar-refractivity contribution in [2.24, 2.45) is 0 Å². The minimum Gasteiger partial charge on any atom is -0.352 e. The Hall–Kier alpha value is -0.0500. The van der Waals surface area contributed by atoms with E-state index in [0.717, 1.165) is 6.42 Å². The Kier molecular flexibility index (Phi) is 5.61. The highest BCUT2D eigenvalue weighted by Gasteiger charge is 2.24. The molecule has 2 nitrogen and oxygen atoms in total. The van der Waals surface area contributed by atoms with Crippen molar-refractivity contribution in [3.8, 4) is 0 Å². The van der Waals surface area contributed by atoms with Gasteiger partial charge in [0, 0.05) is 6.04 Å². The minimum atomic E-state index is -0.451. The Bertz CT molecular complexity index is 163. The number of unbranched alkanes of at least 4 members (excludes halogenated alkanes) is 1. The van der Waals surface area contributed by atoms with Gasteiger partial charge >= 0.3 is 0 Å². The molecule has 0 aliphatic carbocycles. The predicted molar refractivity (Wildman–Crippen MR) is 60.1 cm³/mol. The van der Waals surface area contributed by atoms with Crippen LogP contribution in [0.2, 0.25) is 0 Å². The second kappa shape index (κ2) is 5.63. The molecule has 78 valence electrons. The molecule has 0 aromatic rings. The normalized spacial score (nSPS) is 13.9. The first kappa shape index (κ1) is 12.9. The average molecular weight is 250 g/mol. The lowest BCUT2D eigenvalue weighted by atomic mass is 10.1. The molecule has 1 N–H and O–H groups in total. The molecule has 0 fully saturated rings. The van der Waals surface area contributed by atoms with Crippen LogP contribution >= 0.6 is 15.9 Å². The number of nitrogens with one attached hydrogen (secondary N) is 1. The maximum atomic E-state index is 11.5. The number of hydrogen-bond acceptors (Lipinski definition) is 1. The van der Waals surface area contributed by atoms with E-state index in [4.69, 9.17) is 0 Å². The summed E-state index contributed by atoms with van der Waals surface area (Å²) < 4.78 is -0.451. The van der Waals surface area contributed by atoms with Gasteiger partial charge in [0.25, 0.3) is 0 Å². The van der Waals surface area contributed by atoms with Gasteiger partial charge in [-0.2, -0.15) is 0 Å². The van der Waals surface area contributed by atoms with Gasteiger partial charge in [-0.05, 0) is 27.2 Å². The zero-order valence-electron chi connectivity index (χ0n) is 8.98. The van der Waals surface area contributed by atoms with Gasteiger partial charge in [0.05, 0.1) is 4.32 Å². The first-order valence-electron chi connectivity index (χ1n) is 4.87. The number of carbonyl (C=O) groups is 1. The van der Waals surface area contributed by atoms with E-state index in [-0.39, 0.29) is 11.9 Å². The van der Waals surface area contributed by atoms with Crippen molar-refractivity contribution in [1.29, 1.82) is 0 Å². The fourth-order valence-electron chi connectivity index (χ4n) is 0.978. The monoisotopic (exact) mass is 249 g/mol. The number of carbonyl (C=O) groups excluding carboxylic acids is 1. The van der Waals surface area contributed by atoms with E-state index in [0.29, 0.717) is 0 Å². The molecular formula is C10H20BrNO. The largest absolute Gasteiger partial charge is 0.352 e. The lowest BCUT2D eigenvalue weighted by molar-refractivity contribution is -0.123. The molecule has 1 unspecified atom stereocenters. The van der Waals surface area contributed by atoms with E-state index >= 15 is 0 Å². The molecule has 1 atom stereocenters. The van der Waals surface area contributed by atoms with Crippen LogP contribution in [0, 0.1) is 0 Å². The molecule has 0 aromatic heterocycles. The summed E-state index contributed by atoms with van der Waals surface area (Å²) >= 11 is 3.33. The number of alkyl halides is 1. The molecule has 0 aliphatic rings. The molecule has 0 aliphatic heterocycles.